The Bertz CT molecular complexity index is 854. The van der Waals surface area contributed by atoms with Gasteiger partial charge in [0.15, 0.2) is 23.2 Å². The van der Waals surface area contributed by atoms with Gasteiger partial charge in [-0.25, -0.2) is 18.7 Å². The lowest BCUT2D eigenvalue weighted by Gasteiger charge is -2.31. The summed E-state index contributed by atoms with van der Waals surface area (Å²) in [6, 6.07) is 2.46. The second kappa shape index (κ2) is 5.94. The Labute approximate surface area is 137 Å². The summed E-state index contributed by atoms with van der Waals surface area (Å²) in [7, 11) is 0. The van der Waals surface area contributed by atoms with E-state index in [9.17, 15) is 31.9 Å². The van der Waals surface area contributed by atoms with Gasteiger partial charge in [-0.3, -0.25) is 0 Å². The summed E-state index contributed by atoms with van der Waals surface area (Å²) in [5.74, 6) is -2.89. The minimum Gasteiger partial charge on any atom is -0.530 e. The standard InChI is InChI=1S/C15H10F5N3O2/c16-9-2-1-7(5-10(9)17)13-21-11-6-23(14(24)25)4-3-8(11)12(22-13)15(18,19)20/h1-2,5H,3-4,6H2,(H,24,25)/p-1. The van der Waals surface area contributed by atoms with Gasteiger partial charge in [-0.15, -0.1) is 0 Å². The van der Waals surface area contributed by atoms with E-state index >= 15 is 0 Å². The fourth-order valence-electron chi connectivity index (χ4n) is 2.59. The molecule has 0 aliphatic carbocycles. The zero-order valence-electron chi connectivity index (χ0n) is 12.4. The van der Waals surface area contributed by atoms with Gasteiger partial charge in [-0.2, -0.15) is 13.2 Å². The van der Waals surface area contributed by atoms with E-state index in [1.165, 1.54) is 0 Å². The average molecular weight is 358 g/mol. The smallest absolute Gasteiger partial charge is 0.433 e. The SMILES string of the molecule is O=C([O-])N1CCc2c(nc(-c3ccc(F)c(F)c3)nc2C(F)(F)F)C1. The molecule has 1 aromatic heterocycles. The van der Waals surface area contributed by atoms with Gasteiger partial charge in [0.2, 0.25) is 0 Å². The average Bonchev–Trinajstić information content (AvgIpc) is 2.54. The first-order chi connectivity index (χ1) is 11.7. The van der Waals surface area contributed by atoms with Gasteiger partial charge in [0.25, 0.3) is 0 Å². The molecule has 1 aliphatic rings. The largest absolute Gasteiger partial charge is 0.530 e. The monoisotopic (exact) mass is 358 g/mol. The third kappa shape index (κ3) is 3.24. The maximum atomic E-state index is 13.4. The number of amides is 1. The molecule has 3 rings (SSSR count). The van der Waals surface area contributed by atoms with E-state index in [1.807, 2.05) is 0 Å². The van der Waals surface area contributed by atoms with Gasteiger partial charge < -0.3 is 14.8 Å². The van der Waals surface area contributed by atoms with Crippen molar-refractivity contribution in [1.82, 2.24) is 14.9 Å². The van der Waals surface area contributed by atoms with Crippen LogP contribution in [0.5, 0.6) is 0 Å². The molecule has 132 valence electrons. The molecular weight excluding hydrogens is 349 g/mol. The van der Waals surface area contributed by atoms with Crippen LogP contribution in [-0.4, -0.2) is 27.5 Å². The molecule has 0 fully saturated rings. The first kappa shape index (κ1) is 17.1. The molecule has 0 bridgehead atoms. The number of carbonyl (C=O) groups excluding carboxylic acids is 1. The molecule has 0 atom stereocenters. The van der Waals surface area contributed by atoms with Crippen LogP contribution in [0.2, 0.25) is 0 Å². The fraction of sp³-hybridized carbons (Fsp3) is 0.267. The third-order valence-corrected chi connectivity index (χ3v) is 3.77. The van der Waals surface area contributed by atoms with Gasteiger partial charge >= 0.3 is 6.18 Å². The van der Waals surface area contributed by atoms with E-state index in [0.29, 0.717) is 6.07 Å². The summed E-state index contributed by atoms with van der Waals surface area (Å²) in [5, 5.41) is 10.9. The minimum absolute atomic E-state index is 0.141. The number of carboxylic acid groups (broad SMARTS) is 1. The number of fused-ring (bicyclic) bond motifs is 1. The van der Waals surface area contributed by atoms with Crippen LogP contribution in [0.25, 0.3) is 11.4 Å². The zero-order chi connectivity index (χ0) is 18.4. The maximum absolute atomic E-state index is 13.4. The normalized spacial score (nSPS) is 14.4. The number of hydrogen-bond acceptors (Lipinski definition) is 4. The molecule has 10 heteroatoms. The van der Waals surface area contributed by atoms with Crippen LogP contribution in [-0.2, 0) is 19.1 Å². The number of hydrogen-bond donors (Lipinski definition) is 0. The molecule has 1 aliphatic heterocycles. The summed E-state index contributed by atoms with van der Waals surface area (Å²) in [4.78, 5) is 19.1. The van der Waals surface area contributed by atoms with Crippen LogP contribution < -0.4 is 5.11 Å². The van der Waals surface area contributed by atoms with Crippen LogP contribution in [0.4, 0.5) is 26.7 Å². The topological polar surface area (TPSA) is 69.2 Å². The summed E-state index contributed by atoms with van der Waals surface area (Å²) in [6.07, 6.45) is -6.56. The quantitative estimate of drug-likeness (QED) is 0.733. The van der Waals surface area contributed by atoms with Crippen molar-refractivity contribution in [3.63, 3.8) is 0 Å². The summed E-state index contributed by atoms with van der Waals surface area (Å²) in [5.41, 5.74) is -1.72. The molecule has 0 spiro atoms. The Hall–Kier alpha value is -2.78. The van der Waals surface area contributed by atoms with E-state index in [4.69, 9.17) is 0 Å². The predicted octanol–water partition coefficient (Wildman–Crippen LogP) is 2.14. The molecule has 2 aromatic rings. The van der Waals surface area contributed by atoms with Crippen molar-refractivity contribution in [3.05, 3.63) is 46.8 Å². The number of nitrogens with zero attached hydrogens (tertiary/aromatic N) is 3. The Morgan fingerprint density at radius 1 is 1.16 bits per heavy atom. The molecule has 2 heterocycles. The highest BCUT2D eigenvalue weighted by Gasteiger charge is 2.38. The van der Waals surface area contributed by atoms with Crippen molar-refractivity contribution >= 4 is 6.09 Å². The van der Waals surface area contributed by atoms with Crippen molar-refractivity contribution in [2.45, 2.75) is 19.1 Å². The second-order valence-electron chi connectivity index (χ2n) is 5.39. The highest BCUT2D eigenvalue weighted by molar-refractivity contribution is 5.63. The molecule has 1 amide bonds. The van der Waals surface area contributed by atoms with Gasteiger partial charge in [-0.05, 0) is 24.6 Å². The molecule has 1 aromatic carbocycles. The van der Waals surface area contributed by atoms with E-state index in [0.717, 1.165) is 17.0 Å². The molecule has 25 heavy (non-hydrogen) atoms. The van der Waals surface area contributed by atoms with E-state index in [2.05, 4.69) is 9.97 Å². The van der Waals surface area contributed by atoms with Crippen molar-refractivity contribution in [2.75, 3.05) is 6.54 Å². The number of halogens is 5. The maximum Gasteiger partial charge on any atom is 0.433 e. The Morgan fingerprint density at radius 3 is 2.48 bits per heavy atom. The van der Waals surface area contributed by atoms with Crippen molar-refractivity contribution in [3.8, 4) is 11.4 Å². The lowest BCUT2D eigenvalue weighted by molar-refractivity contribution is -0.266. The molecule has 0 saturated carbocycles. The van der Waals surface area contributed by atoms with Crippen LogP contribution in [0.15, 0.2) is 18.2 Å². The summed E-state index contributed by atoms with van der Waals surface area (Å²) in [6.45, 7) is -0.577. The lowest BCUT2D eigenvalue weighted by Crippen LogP contribution is -2.44. The van der Waals surface area contributed by atoms with Gasteiger partial charge in [-0.1, -0.05) is 0 Å². The van der Waals surface area contributed by atoms with Crippen LogP contribution >= 0.6 is 0 Å². The Morgan fingerprint density at radius 2 is 1.88 bits per heavy atom. The third-order valence-electron chi connectivity index (χ3n) is 3.77. The minimum atomic E-state index is -4.80. The zero-order valence-corrected chi connectivity index (χ0v) is 12.4. The Kier molecular flexibility index (Phi) is 4.05. The highest BCUT2D eigenvalue weighted by atomic mass is 19.4. The van der Waals surface area contributed by atoms with Crippen LogP contribution in [0, 0.1) is 11.6 Å². The van der Waals surface area contributed by atoms with Crippen LogP contribution in [0.1, 0.15) is 17.0 Å². The van der Waals surface area contributed by atoms with Crippen molar-refractivity contribution in [1.29, 1.82) is 0 Å². The summed E-state index contributed by atoms with van der Waals surface area (Å²) < 4.78 is 66.3. The predicted molar refractivity (Wildman–Crippen MR) is 71.9 cm³/mol. The molecule has 0 unspecified atom stereocenters. The van der Waals surface area contributed by atoms with Gasteiger partial charge in [0.05, 0.1) is 12.2 Å². The fourth-order valence-corrected chi connectivity index (χ4v) is 2.59. The number of rotatable bonds is 1. The first-order valence-electron chi connectivity index (χ1n) is 7.05. The molecule has 0 N–H and O–H groups in total. The molecular formula is C15H9F5N3O2-. The van der Waals surface area contributed by atoms with Crippen LogP contribution in [0.3, 0.4) is 0 Å². The molecule has 0 radical (unpaired) electrons. The first-order valence-corrected chi connectivity index (χ1v) is 7.05. The molecule has 0 saturated heterocycles. The van der Waals surface area contributed by atoms with E-state index < -0.39 is 42.0 Å². The van der Waals surface area contributed by atoms with E-state index in [-0.39, 0.29) is 29.8 Å². The summed E-state index contributed by atoms with van der Waals surface area (Å²) >= 11 is 0. The second-order valence-corrected chi connectivity index (χ2v) is 5.39. The highest BCUT2D eigenvalue weighted by Crippen LogP contribution is 2.35. The number of benzene rings is 1. The number of carbonyl (C=O) groups is 1. The van der Waals surface area contributed by atoms with Crippen molar-refractivity contribution < 1.29 is 31.9 Å². The number of alkyl halides is 3. The molecule has 5 nitrogen and oxygen atoms in total. The Balaban J connectivity index is 2.16. The van der Waals surface area contributed by atoms with Crippen molar-refractivity contribution in [2.24, 2.45) is 0 Å². The number of aromatic nitrogens is 2. The van der Waals surface area contributed by atoms with Gasteiger partial charge in [0.1, 0.15) is 6.09 Å². The van der Waals surface area contributed by atoms with Gasteiger partial charge in [0, 0.05) is 17.7 Å². The lowest BCUT2D eigenvalue weighted by atomic mass is 10.0. The van der Waals surface area contributed by atoms with E-state index in [1.54, 1.807) is 0 Å².